The van der Waals surface area contributed by atoms with Crippen LogP contribution < -0.4 is 0 Å². The predicted molar refractivity (Wildman–Crippen MR) is 72.4 cm³/mol. The van der Waals surface area contributed by atoms with Gasteiger partial charge in [-0.1, -0.05) is 56.2 Å². The Hall–Kier alpha value is -1.57. The van der Waals surface area contributed by atoms with Crippen molar-refractivity contribution in [3.63, 3.8) is 0 Å². The minimum absolute atomic E-state index is 0.0121. The van der Waals surface area contributed by atoms with Gasteiger partial charge in [-0.25, -0.2) is 4.79 Å². The molecule has 1 fully saturated rings. The van der Waals surface area contributed by atoms with Crippen molar-refractivity contribution in [3.8, 4) is 0 Å². The van der Waals surface area contributed by atoms with Crippen LogP contribution >= 0.6 is 0 Å². The zero-order chi connectivity index (χ0) is 12.8. The summed E-state index contributed by atoms with van der Waals surface area (Å²) in [6, 6.07) is 10.4. The smallest absolute Gasteiger partial charge is 0.330 e. The molecule has 0 atom stereocenters. The highest BCUT2D eigenvalue weighted by molar-refractivity contribution is 5.81. The Bertz CT molecular complexity index is 402. The second kappa shape index (κ2) is 5.85. The Balaban J connectivity index is 2.17. The number of hydrogen-bond acceptors (Lipinski definition) is 2. The number of ether oxygens (including phenoxy) is 1. The van der Waals surface area contributed by atoms with Crippen LogP contribution in [0.4, 0.5) is 0 Å². The molecule has 1 aliphatic rings. The Morgan fingerprint density at radius 2 is 1.89 bits per heavy atom. The summed E-state index contributed by atoms with van der Waals surface area (Å²) in [5.74, 6) is -0.323. The Morgan fingerprint density at radius 3 is 2.50 bits per heavy atom. The highest BCUT2D eigenvalue weighted by Gasteiger charge is 2.34. The first-order valence-electron chi connectivity index (χ1n) is 6.62. The maximum Gasteiger partial charge on any atom is 0.330 e. The monoisotopic (exact) mass is 244 g/mol. The second-order valence-corrected chi connectivity index (χ2v) is 5.02. The van der Waals surface area contributed by atoms with Crippen LogP contribution in [0, 0.1) is 0 Å². The second-order valence-electron chi connectivity index (χ2n) is 5.02. The van der Waals surface area contributed by atoms with Crippen LogP contribution in [-0.2, 0) is 14.9 Å². The first-order valence-corrected chi connectivity index (χ1v) is 6.62. The van der Waals surface area contributed by atoms with Crippen molar-refractivity contribution in [2.24, 2.45) is 0 Å². The molecule has 0 heterocycles. The molecule has 0 radical (unpaired) electrons. The summed E-state index contributed by atoms with van der Waals surface area (Å²) >= 11 is 0. The molecule has 0 N–H and O–H groups in total. The summed E-state index contributed by atoms with van der Waals surface area (Å²) in [4.78, 5) is 11.3. The van der Waals surface area contributed by atoms with Gasteiger partial charge in [-0.3, -0.25) is 0 Å². The van der Waals surface area contributed by atoms with Crippen LogP contribution in [0.2, 0.25) is 0 Å². The van der Waals surface area contributed by atoms with E-state index >= 15 is 0 Å². The fourth-order valence-corrected chi connectivity index (χ4v) is 2.80. The maximum atomic E-state index is 11.3. The summed E-state index contributed by atoms with van der Waals surface area (Å²) in [7, 11) is 0. The van der Waals surface area contributed by atoms with Gasteiger partial charge in [-0.05, 0) is 18.4 Å². The van der Waals surface area contributed by atoms with E-state index in [0.29, 0.717) is 6.61 Å². The van der Waals surface area contributed by atoms with Crippen molar-refractivity contribution < 1.29 is 9.53 Å². The topological polar surface area (TPSA) is 26.3 Å². The van der Waals surface area contributed by atoms with E-state index in [-0.39, 0.29) is 11.4 Å². The van der Waals surface area contributed by atoms with E-state index in [9.17, 15) is 4.79 Å². The number of hydrogen-bond donors (Lipinski definition) is 0. The summed E-state index contributed by atoms with van der Waals surface area (Å²) in [5.41, 5.74) is 1.31. The van der Waals surface area contributed by atoms with E-state index in [1.54, 1.807) is 0 Å². The van der Waals surface area contributed by atoms with Gasteiger partial charge in [0.2, 0.25) is 0 Å². The van der Waals surface area contributed by atoms with Crippen molar-refractivity contribution in [3.05, 3.63) is 48.6 Å². The summed E-state index contributed by atoms with van der Waals surface area (Å²) in [6.07, 6.45) is 7.13. The molecule has 96 valence electrons. The third-order valence-corrected chi connectivity index (χ3v) is 3.85. The third-order valence-electron chi connectivity index (χ3n) is 3.85. The van der Waals surface area contributed by atoms with Crippen molar-refractivity contribution in [2.75, 3.05) is 6.61 Å². The molecule has 0 bridgehead atoms. The van der Waals surface area contributed by atoms with E-state index in [1.165, 1.54) is 30.9 Å². The fraction of sp³-hybridized carbons (Fsp3) is 0.438. The van der Waals surface area contributed by atoms with Gasteiger partial charge in [0.05, 0.1) is 0 Å². The van der Waals surface area contributed by atoms with Crippen LogP contribution in [-0.4, -0.2) is 12.6 Å². The van der Waals surface area contributed by atoms with Crippen molar-refractivity contribution in [2.45, 2.75) is 37.5 Å². The van der Waals surface area contributed by atoms with Crippen LogP contribution in [0.25, 0.3) is 0 Å². The molecule has 2 nitrogen and oxygen atoms in total. The van der Waals surface area contributed by atoms with E-state index in [1.807, 2.05) is 6.07 Å². The molecule has 1 aromatic carbocycles. The van der Waals surface area contributed by atoms with Crippen LogP contribution in [0.5, 0.6) is 0 Å². The SMILES string of the molecule is C=CC(=O)OCC1(c2ccccc2)CCCCC1. The molecule has 1 aromatic rings. The number of esters is 1. The summed E-state index contributed by atoms with van der Waals surface area (Å²) < 4.78 is 5.33. The molecule has 0 aliphatic heterocycles. The van der Waals surface area contributed by atoms with Gasteiger partial charge < -0.3 is 4.74 Å². The molecule has 1 saturated carbocycles. The Kier molecular flexibility index (Phi) is 4.19. The lowest BCUT2D eigenvalue weighted by Crippen LogP contribution is -2.35. The molecular formula is C16H20O2. The normalized spacial score (nSPS) is 18.0. The number of rotatable bonds is 4. The van der Waals surface area contributed by atoms with E-state index in [0.717, 1.165) is 12.8 Å². The Labute approximate surface area is 109 Å². The lowest BCUT2D eigenvalue weighted by Gasteiger charge is -2.37. The largest absolute Gasteiger partial charge is 0.462 e. The minimum atomic E-state index is -0.323. The molecule has 0 saturated heterocycles. The van der Waals surface area contributed by atoms with Gasteiger partial charge in [0.1, 0.15) is 6.61 Å². The number of benzene rings is 1. The number of carbonyl (C=O) groups excluding carboxylic acids is 1. The standard InChI is InChI=1S/C16H20O2/c1-2-15(17)18-13-16(11-7-4-8-12-16)14-9-5-3-6-10-14/h2-3,5-6,9-10H,1,4,7-8,11-13H2. The zero-order valence-electron chi connectivity index (χ0n) is 10.7. The first-order chi connectivity index (χ1) is 8.77. The molecule has 1 aliphatic carbocycles. The lowest BCUT2D eigenvalue weighted by molar-refractivity contribution is -0.140. The average molecular weight is 244 g/mol. The van der Waals surface area contributed by atoms with Gasteiger partial charge in [-0.2, -0.15) is 0 Å². The van der Waals surface area contributed by atoms with Gasteiger partial charge in [-0.15, -0.1) is 0 Å². The van der Waals surface area contributed by atoms with Gasteiger partial charge in [0.25, 0.3) is 0 Å². The average Bonchev–Trinajstić information content (AvgIpc) is 2.46. The van der Waals surface area contributed by atoms with Crippen LogP contribution in [0.15, 0.2) is 43.0 Å². The van der Waals surface area contributed by atoms with Crippen molar-refractivity contribution >= 4 is 5.97 Å². The minimum Gasteiger partial charge on any atom is -0.462 e. The van der Waals surface area contributed by atoms with E-state index in [2.05, 4.69) is 30.8 Å². The third kappa shape index (κ3) is 2.81. The first kappa shape index (κ1) is 12.9. The molecule has 18 heavy (non-hydrogen) atoms. The molecule has 0 aromatic heterocycles. The van der Waals surface area contributed by atoms with Crippen molar-refractivity contribution in [1.82, 2.24) is 0 Å². The number of carbonyl (C=O) groups is 1. The highest BCUT2D eigenvalue weighted by Crippen LogP contribution is 2.39. The molecule has 2 rings (SSSR count). The zero-order valence-corrected chi connectivity index (χ0v) is 10.7. The quantitative estimate of drug-likeness (QED) is 0.597. The summed E-state index contributed by atoms with van der Waals surface area (Å²) in [5, 5.41) is 0. The van der Waals surface area contributed by atoms with Gasteiger partial charge in [0, 0.05) is 11.5 Å². The molecule has 0 amide bonds. The molecular weight excluding hydrogens is 224 g/mol. The fourth-order valence-electron chi connectivity index (χ4n) is 2.80. The van der Waals surface area contributed by atoms with E-state index in [4.69, 9.17) is 4.74 Å². The van der Waals surface area contributed by atoms with Gasteiger partial charge in [0.15, 0.2) is 0 Å². The van der Waals surface area contributed by atoms with Gasteiger partial charge >= 0.3 is 5.97 Å². The van der Waals surface area contributed by atoms with Crippen LogP contribution in [0.1, 0.15) is 37.7 Å². The predicted octanol–water partition coefficient (Wildman–Crippen LogP) is 3.62. The summed E-state index contributed by atoms with van der Waals surface area (Å²) in [6.45, 7) is 3.92. The van der Waals surface area contributed by atoms with E-state index < -0.39 is 0 Å². The molecule has 0 spiro atoms. The van der Waals surface area contributed by atoms with Crippen molar-refractivity contribution in [1.29, 1.82) is 0 Å². The lowest BCUT2D eigenvalue weighted by atomic mass is 9.70. The highest BCUT2D eigenvalue weighted by atomic mass is 16.5. The molecule has 0 unspecified atom stereocenters. The molecule has 2 heteroatoms. The Morgan fingerprint density at radius 1 is 1.22 bits per heavy atom. The maximum absolute atomic E-state index is 11.3. The van der Waals surface area contributed by atoms with Crippen LogP contribution in [0.3, 0.4) is 0 Å².